The van der Waals surface area contributed by atoms with Gasteiger partial charge in [0.15, 0.2) is 0 Å². The number of carbonyl (C=O) groups is 2. The van der Waals surface area contributed by atoms with E-state index in [1.807, 2.05) is 68.4 Å². The van der Waals surface area contributed by atoms with Crippen LogP contribution in [0.1, 0.15) is 27.7 Å². The van der Waals surface area contributed by atoms with Crippen molar-refractivity contribution in [1.82, 2.24) is 10.4 Å². The van der Waals surface area contributed by atoms with Crippen molar-refractivity contribution < 1.29 is 29.1 Å². The molecule has 170 valence electrons. The van der Waals surface area contributed by atoms with Crippen molar-refractivity contribution in [2.45, 2.75) is 33.2 Å². The molecular weight excluding hydrogens is 504 g/mol. The third-order valence-corrected chi connectivity index (χ3v) is 9.65. The molecule has 4 nitrogen and oxygen atoms in total. The smallest absolute Gasteiger partial charge is 0 e. The summed E-state index contributed by atoms with van der Waals surface area (Å²) in [6.45, 7) is 7.14. The standard InChI is InChI=1S/C26H31N2O2P.Ru/c1-20(2)24(29)27-26(3,4)25(30)28-31(21-14-8-5-9-15-21,22-16-10-6-11-17-22)23-18-12-7-13-19-23;/h5-20,31H,1-4H3,(H,27,29)(H,28,30);. The van der Waals surface area contributed by atoms with Crippen LogP contribution in [0.25, 0.3) is 0 Å². The van der Waals surface area contributed by atoms with E-state index >= 15 is 0 Å². The predicted octanol–water partition coefficient (Wildman–Crippen LogP) is 3.29. The van der Waals surface area contributed by atoms with Crippen LogP contribution in [0.5, 0.6) is 0 Å². The molecule has 2 N–H and O–H groups in total. The van der Waals surface area contributed by atoms with Crippen LogP contribution >= 0.6 is 7.41 Å². The maximum absolute atomic E-state index is 13.7. The monoisotopic (exact) mass is 536 g/mol. The van der Waals surface area contributed by atoms with Crippen LogP contribution in [-0.2, 0) is 29.1 Å². The van der Waals surface area contributed by atoms with Gasteiger partial charge in [-0.25, -0.2) is 0 Å². The van der Waals surface area contributed by atoms with Gasteiger partial charge >= 0.3 is 185 Å². The summed E-state index contributed by atoms with van der Waals surface area (Å²) in [5.41, 5.74) is -1.06. The second-order valence-corrected chi connectivity index (χ2v) is 12.1. The topological polar surface area (TPSA) is 58.2 Å². The zero-order valence-corrected chi connectivity index (χ0v) is 21.6. The summed E-state index contributed by atoms with van der Waals surface area (Å²) >= 11 is 0. The molecule has 2 amide bonds. The summed E-state index contributed by atoms with van der Waals surface area (Å²) in [6.07, 6.45) is 0. The zero-order chi connectivity index (χ0) is 22.5. The molecule has 0 fully saturated rings. The fraction of sp³-hybridized carbons (Fsp3) is 0.231. The van der Waals surface area contributed by atoms with Crippen molar-refractivity contribution in [3.8, 4) is 0 Å². The van der Waals surface area contributed by atoms with Gasteiger partial charge in [0.2, 0.25) is 0 Å². The Hall–Kier alpha value is -2.35. The van der Waals surface area contributed by atoms with Crippen molar-refractivity contribution in [2.24, 2.45) is 5.92 Å². The summed E-state index contributed by atoms with van der Waals surface area (Å²) in [7, 11) is -2.93. The van der Waals surface area contributed by atoms with Crippen molar-refractivity contribution in [3.05, 3.63) is 91.0 Å². The van der Waals surface area contributed by atoms with Gasteiger partial charge in [-0.05, 0) is 0 Å². The minimum atomic E-state index is -2.93. The average molecular weight is 536 g/mol. The van der Waals surface area contributed by atoms with E-state index in [4.69, 9.17) is 0 Å². The first-order valence-corrected chi connectivity index (χ1v) is 12.6. The van der Waals surface area contributed by atoms with Gasteiger partial charge in [0.05, 0.1) is 0 Å². The zero-order valence-electron chi connectivity index (χ0n) is 18.9. The summed E-state index contributed by atoms with van der Waals surface area (Å²) in [5, 5.41) is 9.58. The first-order chi connectivity index (χ1) is 14.8. The van der Waals surface area contributed by atoms with Crippen LogP contribution in [-0.4, -0.2) is 17.4 Å². The molecule has 0 aromatic heterocycles. The third-order valence-electron chi connectivity index (χ3n) is 5.45. The number of benzene rings is 3. The molecule has 0 unspecified atom stereocenters. The number of nitrogens with one attached hydrogen (secondary N) is 2. The maximum Gasteiger partial charge on any atom is 0 e. The maximum atomic E-state index is 13.7. The minimum Gasteiger partial charge on any atom is 0 e. The Balaban J connectivity index is 0.00000363. The molecule has 0 atom stereocenters. The summed E-state index contributed by atoms with van der Waals surface area (Å²) in [5.74, 6) is -0.553. The summed E-state index contributed by atoms with van der Waals surface area (Å²) in [6, 6.07) is 30.4. The van der Waals surface area contributed by atoms with E-state index in [0.717, 1.165) is 15.9 Å². The van der Waals surface area contributed by atoms with Crippen LogP contribution < -0.4 is 26.3 Å². The van der Waals surface area contributed by atoms with E-state index in [2.05, 4.69) is 46.8 Å². The quantitative estimate of drug-likeness (QED) is 0.361. The van der Waals surface area contributed by atoms with Gasteiger partial charge in [-0.3, -0.25) is 0 Å². The summed E-state index contributed by atoms with van der Waals surface area (Å²) in [4.78, 5) is 26.0. The largest absolute Gasteiger partial charge is 0 e. The molecule has 0 aliphatic carbocycles. The first kappa shape index (κ1) is 25.9. The second kappa shape index (κ2) is 11.0. The molecule has 3 aromatic rings. The Bertz CT molecular complexity index is 929. The molecule has 0 bridgehead atoms. The molecular formula is C26H31N2O2PRu. The van der Waals surface area contributed by atoms with E-state index in [1.165, 1.54) is 0 Å². The number of hydrogen-bond donors (Lipinski definition) is 2. The van der Waals surface area contributed by atoms with Crippen LogP contribution in [0, 0.1) is 5.92 Å². The number of amides is 2. The Morgan fingerprint density at radius 1 is 0.719 bits per heavy atom. The molecule has 0 saturated carbocycles. The van der Waals surface area contributed by atoms with Crippen LogP contribution in [0.4, 0.5) is 0 Å². The van der Waals surface area contributed by atoms with E-state index in [1.54, 1.807) is 13.8 Å². The average Bonchev–Trinajstić information content (AvgIpc) is 2.78. The van der Waals surface area contributed by atoms with E-state index in [9.17, 15) is 9.59 Å². The minimum absolute atomic E-state index is 0. The number of hydrogen-bond acceptors (Lipinski definition) is 2. The molecule has 0 spiro atoms. The second-order valence-electron chi connectivity index (χ2n) is 8.57. The Labute approximate surface area is 204 Å². The Morgan fingerprint density at radius 3 is 1.38 bits per heavy atom. The summed E-state index contributed by atoms with van der Waals surface area (Å²) < 4.78 is 0. The van der Waals surface area contributed by atoms with Gasteiger partial charge in [0, 0.05) is 19.5 Å². The fourth-order valence-corrected chi connectivity index (χ4v) is 7.78. The van der Waals surface area contributed by atoms with Crippen LogP contribution in [0.2, 0.25) is 0 Å². The van der Waals surface area contributed by atoms with Crippen LogP contribution in [0.15, 0.2) is 91.0 Å². The predicted molar refractivity (Wildman–Crippen MR) is 132 cm³/mol. The van der Waals surface area contributed by atoms with Crippen molar-refractivity contribution in [3.63, 3.8) is 0 Å². The molecule has 0 aliphatic rings. The normalized spacial score (nSPS) is 11.9. The van der Waals surface area contributed by atoms with E-state index in [-0.39, 0.29) is 37.2 Å². The Morgan fingerprint density at radius 2 is 1.06 bits per heavy atom. The molecule has 0 heterocycles. The molecule has 0 radical (unpaired) electrons. The van der Waals surface area contributed by atoms with Crippen molar-refractivity contribution >= 4 is 35.1 Å². The molecule has 6 heteroatoms. The van der Waals surface area contributed by atoms with Crippen LogP contribution in [0.3, 0.4) is 0 Å². The van der Waals surface area contributed by atoms with Gasteiger partial charge in [-0.2, -0.15) is 0 Å². The van der Waals surface area contributed by atoms with Gasteiger partial charge in [-0.15, -0.1) is 0 Å². The molecule has 32 heavy (non-hydrogen) atoms. The van der Waals surface area contributed by atoms with Gasteiger partial charge in [-0.1, -0.05) is 0 Å². The fourth-order valence-electron chi connectivity index (χ4n) is 3.62. The van der Waals surface area contributed by atoms with Gasteiger partial charge in [0.25, 0.3) is 0 Å². The first-order valence-electron chi connectivity index (χ1n) is 10.6. The van der Waals surface area contributed by atoms with Gasteiger partial charge < -0.3 is 0 Å². The molecule has 0 saturated heterocycles. The van der Waals surface area contributed by atoms with E-state index < -0.39 is 13.0 Å². The number of carbonyl (C=O) groups excluding carboxylic acids is 2. The van der Waals surface area contributed by atoms with Crippen molar-refractivity contribution in [1.29, 1.82) is 0 Å². The number of rotatable bonds is 7. The molecule has 0 aliphatic heterocycles. The molecule has 3 rings (SSSR count). The SMILES string of the molecule is CC(C)C(=O)NC(C)(C)C(=O)N[PH](c1ccccc1)(c1ccccc1)c1ccccc1.[Ru]. The van der Waals surface area contributed by atoms with Crippen molar-refractivity contribution in [2.75, 3.05) is 0 Å². The van der Waals surface area contributed by atoms with E-state index in [0.29, 0.717) is 0 Å². The molecule has 3 aromatic carbocycles. The van der Waals surface area contributed by atoms with Gasteiger partial charge in [0.1, 0.15) is 0 Å². The third kappa shape index (κ3) is 5.52. The Kier molecular flexibility index (Phi) is 8.90.